The predicted molar refractivity (Wildman–Crippen MR) is 80.5 cm³/mol. The molecule has 1 aromatic rings. The fourth-order valence-corrected chi connectivity index (χ4v) is 2.70. The number of halogens is 1. The van der Waals surface area contributed by atoms with Crippen LogP contribution in [-0.2, 0) is 11.3 Å². The SMILES string of the molecule is COc1cccc(CNC2CCCCC2C(=O)O)c1.Cl. The molecule has 0 saturated heterocycles. The van der Waals surface area contributed by atoms with Gasteiger partial charge in [-0.15, -0.1) is 12.4 Å². The summed E-state index contributed by atoms with van der Waals surface area (Å²) < 4.78 is 5.18. The first-order chi connectivity index (χ1) is 9.20. The number of rotatable bonds is 5. The van der Waals surface area contributed by atoms with Crippen LogP contribution in [0.5, 0.6) is 5.75 Å². The second-order valence-electron chi connectivity index (χ2n) is 5.07. The predicted octanol–water partition coefficient (Wildman–Crippen LogP) is 2.85. The van der Waals surface area contributed by atoms with Crippen LogP contribution < -0.4 is 10.1 Å². The smallest absolute Gasteiger partial charge is 0.308 e. The number of carbonyl (C=O) groups is 1. The first-order valence-electron chi connectivity index (χ1n) is 6.80. The number of benzene rings is 1. The van der Waals surface area contributed by atoms with Gasteiger partial charge in [0.25, 0.3) is 0 Å². The van der Waals surface area contributed by atoms with E-state index in [4.69, 9.17) is 4.74 Å². The van der Waals surface area contributed by atoms with E-state index >= 15 is 0 Å². The molecular formula is C15H22ClNO3. The monoisotopic (exact) mass is 299 g/mol. The highest BCUT2D eigenvalue weighted by molar-refractivity contribution is 5.85. The minimum absolute atomic E-state index is 0. The quantitative estimate of drug-likeness (QED) is 0.878. The van der Waals surface area contributed by atoms with Gasteiger partial charge in [-0.05, 0) is 30.5 Å². The highest BCUT2D eigenvalue weighted by Crippen LogP contribution is 2.25. The fraction of sp³-hybridized carbons (Fsp3) is 0.533. The van der Waals surface area contributed by atoms with E-state index in [-0.39, 0.29) is 24.4 Å². The maximum Gasteiger partial charge on any atom is 0.308 e. The maximum absolute atomic E-state index is 11.2. The van der Waals surface area contributed by atoms with Crippen LogP contribution in [0, 0.1) is 5.92 Å². The average Bonchev–Trinajstić information content (AvgIpc) is 2.45. The fourth-order valence-electron chi connectivity index (χ4n) is 2.70. The number of aliphatic carboxylic acids is 1. The molecule has 1 aliphatic carbocycles. The Hall–Kier alpha value is -1.26. The third-order valence-electron chi connectivity index (χ3n) is 3.79. The molecule has 20 heavy (non-hydrogen) atoms. The maximum atomic E-state index is 11.2. The zero-order chi connectivity index (χ0) is 13.7. The number of hydrogen-bond donors (Lipinski definition) is 2. The minimum Gasteiger partial charge on any atom is -0.497 e. The summed E-state index contributed by atoms with van der Waals surface area (Å²) in [6, 6.07) is 7.94. The van der Waals surface area contributed by atoms with E-state index in [0.29, 0.717) is 6.54 Å². The van der Waals surface area contributed by atoms with Gasteiger partial charge in [-0.2, -0.15) is 0 Å². The van der Waals surface area contributed by atoms with Gasteiger partial charge in [-0.1, -0.05) is 25.0 Å². The standard InChI is InChI=1S/C15H21NO3.ClH/c1-19-12-6-4-5-11(9-12)10-16-14-8-3-2-7-13(14)15(17)18;/h4-6,9,13-14,16H,2-3,7-8,10H2,1H3,(H,17,18);1H. The van der Waals surface area contributed by atoms with Gasteiger partial charge in [0, 0.05) is 12.6 Å². The van der Waals surface area contributed by atoms with Gasteiger partial charge in [-0.25, -0.2) is 0 Å². The van der Waals surface area contributed by atoms with Crippen molar-refractivity contribution in [1.29, 1.82) is 0 Å². The Balaban J connectivity index is 0.00000200. The topological polar surface area (TPSA) is 58.6 Å². The largest absolute Gasteiger partial charge is 0.497 e. The summed E-state index contributed by atoms with van der Waals surface area (Å²) in [5, 5.41) is 12.6. The van der Waals surface area contributed by atoms with Crippen molar-refractivity contribution in [2.45, 2.75) is 38.3 Å². The molecule has 0 radical (unpaired) electrons. The van der Waals surface area contributed by atoms with Gasteiger partial charge in [0.1, 0.15) is 5.75 Å². The average molecular weight is 300 g/mol. The van der Waals surface area contributed by atoms with Crippen molar-refractivity contribution >= 4 is 18.4 Å². The van der Waals surface area contributed by atoms with E-state index < -0.39 is 5.97 Å². The Morgan fingerprint density at radius 3 is 2.85 bits per heavy atom. The number of nitrogens with one attached hydrogen (secondary N) is 1. The Kier molecular flexibility index (Phi) is 6.82. The minimum atomic E-state index is -0.678. The van der Waals surface area contributed by atoms with E-state index in [9.17, 15) is 9.90 Å². The first kappa shape index (κ1) is 16.8. The highest BCUT2D eigenvalue weighted by atomic mass is 35.5. The zero-order valence-electron chi connectivity index (χ0n) is 11.7. The molecular weight excluding hydrogens is 278 g/mol. The molecule has 5 heteroatoms. The van der Waals surface area contributed by atoms with Crippen LogP contribution >= 0.6 is 12.4 Å². The normalized spacial score (nSPS) is 21.9. The van der Waals surface area contributed by atoms with Crippen molar-refractivity contribution in [2.75, 3.05) is 7.11 Å². The molecule has 1 aromatic carbocycles. The zero-order valence-corrected chi connectivity index (χ0v) is 12.5. The molecule has 1 fully saturated rings. The third-order valence-corrected chi connectivity index (χ3v) is 3.79. The van der Waals surface area contributed by atoms with Crippen molar-refractivity contribution < 1.29 is 14.6 Å². The molecule has 0 spiro atoms. The van der Waals surface area contributed by atoms with Gasteiger partial charge >= 0.3 is 5.97 Å². The molecule has 0 aromatic heterocycles. The molecule has 0 bridgehead atoms. The van der Waals surface area contributed by atoms with Crippen LogP contribution in [0.15, 0.2) is 24.3 Å². The molecule has 2 unspecified atom stereocenters. The Morgan fingerprint density at radius 1 is 1.40 bits per heavy atom. The van der Waals surface area contributed by atoms with Crippen molar-refractivity contribution in [1.82, 2.24) is 5.32 Å². The van der Waals surface area contributed by atoms with E-state index in [1.165, 1.54) is 0 Å². The molecule has 2 atom stereocenters. The summed E-state index contributed by atoms with van der Waals surface area (Å²) in [5.41, 5.74) is 1.12. The summed E-state index contributed by atoms with van der Waals surface area (Å²) in [7, 11) is 1.65. The van der Waals surface area contributed by atoms with Gasteiger partial charge in [0.15, 0.2) is 0 Å². The van der Waals surface area contributed by atoms with E-state index in [1.807, 2.05) is 24.3 Å². The molecule has 1 aliphatic rings. The lowest BCUT2D eigenvalue weighted by Gasteiger charge is -2.29. The van der Waals surface area contributed by atoms with Crippen molar-refractivity contribution in [2.24, 2.45) is 5.92 Å². The number of carboxylic acid groups (broad SMARTS) is 1. The van der Waals surface area contributed by atoms with Gasteiger partial charge in [0.05, 0.1) is 13.0 Å². The second-order valence-corrected chi connectivity index (χ2v) is 5.07. The Labute approximate surface area is 125 Å². The second kappa shape index (κ2) is 8.12. The lowest BCUT2D eigenvalue weighted by atomic mass is 9.84. The Morgan fingerprint density at radius 2 is 2.15 bits per heavy atom. The molecule has 112 valence electrons. The Bertz CT molecular complexity index is 439. The molecule has 4 nitrogen and oxygen atoms in total. The van der Waals surface area contributed by atoms with Crippen LogP contribution in [0.25, 0.3) is 0 Å². The molecule has 2 rings (SSSR count). The number of carboxylic acids is 1. The van der Waals surface area contributed by atoms with E-state index in [2.05, 4.69) is 5.32 Å². The summed E-state index contributed by atoms with van der Waals surface area (Å²) in [6.45, 7) is 0.686. The highest BCUT2D eigenvalue weighted by Gasteiger charge is 2.30. The number of hydrogen-bond acceptors (Lipinski definition) is 3. The van der Waals surface area contributed by atoms with Crippen LogP contribution in [0.3, 0.4) is 0 Å². The van der Waals surface area contributed by atoms with Crippen molar-refractivity contribution in [3.63, 3.8) is 0 Å². The molecule has 1 saturated carbocycles. The van der Waals surface area contributed by atoms with Gasteiger partial charge < -0.3 is 15.2 Å². The van der Waals surface area contributed by atoms with Gasteiger partial charge in [-0.3, -0.25) is 4.79 Å². The van der Waals surface area contributed by atoms with Crippen LogP contribution in [-0.4, -0.2) is 24.2 Å². The van der Waals surface area contributed by atoms with Crippen molar-refractivity contribution in [3.05, 3.63) is 29.8 Å². The van der Waals surface area contributed by atoms with Gasteiger partial charge in [0.2, 0.25) is 0 Å². The lowest BCUT2D eigenvalue weighted by molar-refractivity contribution is -0.143. The van der Waals surface area contributed by atoms with Crippen molar-refractivity contribution in [3.8, 4) is 5.75 Å². The summed E-state index contributed by atoms with van der Waals surface area (Å²) >= 11 is 0. The number of methoxy groups -OCH3 is 1. The third kappa shape index (κ3) is 4.39. The first-order valence-corrected chi connectivity index (χ1v) is 6.80. The molecule has 0 aliphatic heterocycles. The summed E-state index contributed by atoms with van der Waals surface area (Å²) in [6.07, 6.45) is 3.86. The van der Waals surface area contributed by atoms with E-state index in [1.54, 1.807) is 7.11 Å². The van der Waals surface area contributed by atoms with Crippen LogP contribution in [0.4, 0.5) is 0 Å². The summed E-state index contributed by atoms with van der Waals surface area (Å²) in [5.74, 6) is -0.0973. The van der Waals surface area contributed by atoms with Crippen LogP contribution in [0.2, 0.25) is 0 Å². The number of ether oxygens (including phenoxy) is 1. The molecule has 0 amide bonds. The van der Waals surface area contributed by atoms with Crippen LogP contribution in [0.1, 0.15) is 31.2 Å². The summed E-state index contributed by atoms with van der Waals surface area (Å²) in [4.78, 5) is 11.2. The van der Waals surface area contributed by atoms with E-state index in [0.717, 1.165) is 37.0 Å². The lowest BCUT2D eigenvalue weighted by Crippen LogP contribution is -2.41. The molecule has 0 heterocycles. The molecule has 2 N–H and O–H groups in total.